The molecule has 1 heterocycles. The molecule has 2 aromatic rings. The highest BCUT2D eigenvalue weighted by molar-refractivity contribution is 8.18. The summed E-state index contributed by atoms with van der Waals surface area (Å²) in [6, 6.07) is 13.3. The quantitative estimate of drug-likeness (QED) is 0.524. The van der Waals surface area contributed by atoms with Crippen molar-refractivity contribution in [2.45, 2.75) is 56.9 Å². The third-order valence-electron chi connectivity index (χ3n) is 6.35. The van der Waals surface area contributed by atoms with Gasteiger partial charge in [0.2, 0.25) is 0 Å². The second-order valence-corrected chi connectivity index (χ2v) is 11.4. The number of imide groups is 1. The van der Waals surface area contributed by atoms with E-state index in [1.165, 1.54) is 11.3 Å². The minimum absolute atomic E-state index is 0.0951. The van der Waals surface area contributed by atoms with Gasteiger partial charge in [0.25, 0.3) is 21.2 Å². The van der Waals surface area contributed by atoms with Crippen LogP contribution in [0.1, 0.15) is 50.2 Å². The second-order valence-electron chi connectivity index (χ2n) is 8.73. The van der Waals surface area contributed by atoms with Crippen LogP contribution in [-0.2, 0) is 14.8 Å². The van der Waals surface area contributed by atoms with E-state index in [0.29, 0.717) is 16.5 Å². The predicted molar refractivity (Wildman–Crippen MR) is 132 cm³/mol. The van der Waals surface area contributed by atoms with Crippen molar-refractivity contribution in [1.29, 1.82) is 0 Å². The van der Waals surface area contributed by atoms with Crippen molar-refractivity contribution in [3.8, 4) is 0 Å². The van der Waals surface area contributed by atoms with Crippen LogP contribution in [0.15, 0.2) is 58.3 Å². The molecule has 0 bridgehead atoms. The van der Waals surface area contributed by atoms with E-state index in [1.807, 2.05) is 13.8 Å². The highest BCUT2D eigenvalue weighted by Gasteiger charge is 2.40. The van der Waals surface area contributed by atoms with Gasteiger partial charge in [-0.2, -0.15) is 0 Å². The van der Waals surface area contributed by atoms with E-state index in [-0.39, 0.29) is 22.1 Å². The lowest BCUT2D eigenvalue weighted by Gasteiger charge is -2.32. The van der Waals surface area contributed by atoms with Gasteiger partial charge in [0.05, 0.1) is 9.80 Å². The highest BCUT2D eigenvalue weighted by Crippen LogP contribution is 2.38. The van der Waals surface area contributed by atoms with Crippen LogP contribution in [0, 0.1) is 12.8 Å². The number of rotatable bonds is 6. The number of nitrogens with one attached hydrogen (secondary N) is 1. The van der Waals surface area contributed by atoms with E-state index in [1.54, 1.807) is 54.6 Å². The lowest BCUT2D eigenvalue weighted by Crippen LogP contribution is -2.42. The molecule has 1 aliphatic heterocycles. The van der Waals surface area contributed by atoms with Crippen molar-refractivity contribution in [3.05, 3.63) is 64.6 Å². The Balaban J connectivity index is 1.45. The normalized spacial score (nSPS) is 19.8. The zero-order valence-electron chi connectivity index (χ0n) is 18.8. The molecule has 1 atom stereocenters. The number of nitrogens with zero attached hydrogens (tertiary/aromatic N) is 1. The third kappa shape index (κ3) is 5.33. The molecule has 0 aromatic heterocycles. The van der Waals surface area contributed by atoms with Crippen LogP contribution in [-0.4, -0.2) is 30.5 Å². The molecule has 1 unspecified atom stereocenters. The Bertz CT molecular complexity index is 1170. The Morgan fingerprint density at radius 3 is 2.27 bits per heavy atom. The van der Waals surface area contributed by atoms with E-state index in [9.17, 15) is 18.0 Å². The van der Waals surface area contributed by atoms with Gasteiger partial charge in [0.1, 0.15) is 0 Å². The largest absolute Gasteiger partial charge is 0.293 e. The van der Waals surface area contributed by atoms with E-state index in [0.717, 1.165) is 48.6 Å². The number of hydrogen-bond acceptors (Lipinski definition) is 5. The van der Waals surface area contributed by atoms with Gasteiger partial charge in [-0.3, -0.25) is 19.2 Å². The van der Waals surface area contributed by atoms with E-state index >= 15 is 0 Å². The van der Waals surface area contributed by atoms with Crippen LogP contribution in [0.4, 0.5) is 10.5 Å². The number of benzene rings is 2. The standard InChI is InChI=1S/C25H28N2O4S2/c1-17-8-14-22(15-9-17)33(30,31)26-21-12-10-19(11-13-21)16-23-24(28)27(25(29)32-23)18(2)20-6-4-3-5-7-20/h8-16,18,20,26H,3-7H2,1-2H3/b23-16-. The van der Waals surface area contributed by atoms with Gasteiger partial charge >= 0.3 is 0 Å². The molecule has 0 radical (unpaired) electrons. The maximum absolute atomic E-state index is 13.0. The zero-order valence-corrected chi connectivity index (χ0v) is 20.4. The molecule has 174 valence electrons. The molecule has 2 fully saturated rings. The second kappa shape index (κ2) is 9.73. The summed E-state index contributed by atoms with van der Waals surface area (Å²) in [6.45, 7) is 3.87. The summed E-state index contributed by atoms with van der Waals surface area (Å²) < 4.78 is 27.7. The van der Waals surface area contributed by atoms with Gasteiger partial charge in [-0.15, -0.1) is 0 Å². The number of anilines is 1. The van der Waals surface area contributed by atoms with Crippen LogP contribution in [0.2, 0.25) is 0 Å². The summed E-state index contributed by atoms with van der Waals surface area (Å²) in [5.74, 6) is 0.125. The molecule has 6 nitrogen and oxygen atoms in total. The van der Waals surface area contributed by atoms with Crippen LogP contribution >= 0.6 is 11.8 Å². The lowest BCUT2D eigenvalue weighted by atomic mass is 9.84. The maximum Gasteiger partial charge on any atom is 0.293 e. The molecule has 1 N–H and O–H groups in total. The number of thioether (sulfide) groups is 1. The van der Waals surface area contributed by atoms with Crippen LogP contribution < -0.4 is 4.72 Å². The molecule has 4 rings (SSSR count). The first-order chi connectivity index (χ1) is 15.7. The SMILES string of the molecule is Cc1ccc(S(=O)(=O)Nc2ccc(/C=C3\SC(=O)N(C(C)C4CCCCC4)C3=O)cc2)cc1. The van der Waals surface area contributed by atoms with Crippen molar-refractivity contribution in [2.75, 3.05) is 4.72 Å². The summed E-state index contributed by atoms with van der Waals surface area (Å²) >= 11 is 0.969. The topological polar surface area (TPSA) is 83.6 Å². The summed E-state index contributed by atoms with van der Waals surface area (Å²) in [7, 11) is -3.68. The molecule has 2 amide bonds. The van der Waals surface area contributed by atoms with Crippen molar-refractivity contribution < 1.29 is 18.0 Å². The van der Waals surface area contributed by atoms with Crippen LogP contribution in [0.25, 0.3) is 6.08 Å². The smallest absolute Gasteiger partial charge is 0.280 e. The fourth-order valence-electron chi connectivity index (χ4n) is 4.39. The number of hydrogen-bond donors (Lipinski definition) is 1. The van der Waals surface area contributed by atoms with Gasteiger partial charge < -0.3 is 0 Å². The van der Waals surface area contributed by atoms with Gasteiger partial charge in [-0.25, -0.2) is 8.42 Å². The van der Waals surface area contributed by atoms with Crippen LogP contribution in [0.3, 0.4) is 0 Å². The van der Waals surface area contributed by atoms with E-state index in [2.05, 4.69) is 4.72 Å². The van der Waals surface area contributed by atoms with Crippen LogP contribution in [0.5, 0.6) is 0 Å². The molecule has 1 saturated carbocycles. The Morgan fingerprint density at radius 2 is 1.64 bits per heavy atom. The average molecular weight is 485 g/mol. The Hall–Kier alpha value is -2.58. The molecular formula is C25H28N2O4S2. The van der Waals surface area contributed by atoms with Crippen molar-refractivity contribution in [3.63, 3.8) is 0 Å². The monoisotopic (exact) mass is 484 g/mol. The molecule has 2 aromatic carbocycles. The minimum atomic E-state index is -3.68. The number of sulfonamides is 1. The predicted octanol–water partition coefficient (Wildman–Crippen LogP) is 5.80. The third-order valence-corrected chi connectivity index (χ3v) is 8.64. The molecule has 0 spiro atoms. The van der Waals surface area contributed by atoms with E-state index < -0.39 is 10.0 Å². The van der Waals surface area contributed by atoms with Crippen molar-refractivity contribution >= 4 is 44.7 Å². The van der Waals surface area contributed by atoms with Gasteiger partial charge in [-0.1, -0.05) is 49.1 Å². The summed E-state index contributed by atoms with van der Waals surface area (Å²) in [5.41, 5.74) is 2.13. The van der Waals surface area contributed by atoms with Gasteiger partial charge in [0, 0.05) is 11.7 Å². The molecule has 1 saturated heterocycles. The minimum Gasteiger partial charge on any atom is -0.280 e. The number of aryl methyl sites for hydroxylation is 1. The highest BCUT2D eigenvalue weighted by atomic mass is 32.2. The fourth-order valence-corrected chi connectivity index (χ4v) is 6.36. The Kier molecular flexibility index (Phi) is 6.95. The summed E-state index contributed by atoms with van der Waals surface area (Å²) in [6.07, 6.45) is 7.34. The number of amides is 2. The van der Waals surface area contributed by atoms with Gasteiger partial charge in [0.15, 0.2) is 0 Å². The molecule has 2 aliphatic rings. The fraction of sp³-hybridized carbons (Fsp3) is 0.360. The Labute approximate surface area is 199 Å². The first kappa shape index (κ1) is 23.6. The molecule has 33 heavy (non-hydrogen) atoms. The number of carbonyl (C=O) groups is 2. The maximum atomic E-state index is 13.0. The zero-order chi connectivity index (χ0) is 23.6. The molecule has 8 heteroatoms. The van der Waals surface area contributed by atoms with Crippen molar-refractivity contribution in [1.82, 2.24) is 4.90 Å². The van der Waals surface area contributed by atoms with Gasteiger partial charge in [-0.05, 0) is 80.3 Å². The summed E-state index contributed by atoms with van der Waals surface area (Å²) in [4.78, 5) is 27.6. The first-order valence-electron chi connectivity index (χ1n) is 11.2. The lowest BCUT2D eigenvalue weighted by molar-refractivity contribution is -0.125. The first-order valence-corrected chi connectivity index (χ1v) is 13.5. The molecular weight excluding hydrogens is 456 g/mol. The van der Waals surface area contributed by atoms with E-state index in [4.69, 9.17) is 0 Å². The Morgan fingerprint density at radius 1 is 1.00 bits per heavy atom. The average Bonchev–Trinajstić information content (AvgIpc) is 3.08. The number of carbonyl (C=O) groups excluding carboxylic acids is 2. The molecule has 1 aliphatic carbocycles. The summed E-state index contributed by atoms with van der Waals surface area (Å²) in [5, 5.41) is -0.216. The van der Waals surface area contributed by atoms with Crippen molar-refractivity contribution in [2.24, 2.45) is 5.92 Å².